The molecule has 0 spiro atoms. The average Bonchev–Trinajstić information content (AvgIpc) is 3.77. The van der Waals surface area contributed by atoms with Crippen molar-refractivity contribution in [2.45, 2.75) is 0 Å². The van der Waals surface area contributed by atoms with Gasteiger partial charge in [0.05, 0.1) is 44.5 Å². The fourth-order valence-electron chi connectivity index (χ4n) is 7.76. The molecule has 3 heterocycles. The zero-order valence-electron chi connectivity index (χ0n) is 25.3. The highest BCUT2D eigenvalue weighted by Crippen LogP contribution is 2.39. The van der Waals surface area contributed by atoms with Crippen molar-refractivity contribution in [1.82, 2.24) is 13.7 Å². The lowest BCUT2D eigenvalue weighted by Crippen LogP contribution is -2.04. The van der Waals surface area contributed by atoms with Crippen molar-refractivity contribution in [3.05, 3.63) is 163 Å². The Hall–Kier alpha value is -6.57. The van der Waals surface area contributed by atoms with Gasteiger partial charge in [-0.1, -0.05) is 103 Å². The van der Waals surface area contributed by atoms with E-state index in [0.717, 1.165) is 49.9 Å². The van der Waals surface area contributed by atoms with Gasteiger partial charge in [0, 0.05) is 38.0 Å². The Morgan fingerprint density at radius 2 is 0.702 bits per heavy atom. The summed E-state index contributed by atoms with van der Waals surface area (Å²) in [6.07, 6.45) is 0. The molecular weight excluding hydrogens is 573 g/mol. The summed E-state index contributed by atoms with van der Waals surface area (Å²) < 4.78 is 6.87. The van der Waals surface area contributed by atoms with Gasteiger partial charge < -0.3 is 13.7 Å². The molecule has 218 valence electrons. The third-order valence-electron chi connectivity index (χ3n) is 9.69. The van der Waals surface area contributed by atoms with Crippen molar-refractivity contribution in [2.75, 3.05) is 0 Å². The maximum atomic E-state index is 10.9. The first kappa shape index (κ1) is 25.7. The van der Waals surface area contributed by atoms with E-state index in [0.29, 0.717) is 5.56 Å². The van der Waals surface area contributed by atoms with Gasteiger partial charge in [0.2, 0.25) is 0 Å². The minimum absolute atomic E-state index is 0.629. The number of benzene rings is 7. The lowest BCUT2D eigenvalue weighted by atomic mass is 10.1. The zero-order valence-corrected chi connectivity index (χ0v) is 25.3. The predicted molar refractivity (Wildman–Crippen MR) is 194 cm³/mol. The molecule has 4 heteroatoms. The Balaban J connectivity index is 1.30. The SMILES string of the molecule is N#Cc1c(-n2c3ccccc3c3ccccc32)cccc1-n1c2ccccc2c2ccc(-n3c4ccccc4c4ccccc43)cc21. The minimum atomic E-state index is 0.629. The molecule has 7 aromatic carbocycles. The third kappa shape index (κ3) is 3.51. The van der Waals surface area contributed by atoms with Gasteiger partial charge in [-0.2, -0.15) is 5.26 Å². The van der Waals surface area contributed by atoms with E-state index < -0.39 is 0 Å². The molecular formula is C43H26N4. The molecule has 0 aliphatic carbocycles. The van der Waals surface area contributed by atoms with E-state index in [1.807, 2.05) is 0 Å². The minimum Gasteiger partial charge on any atom is -0.309 e. The molecule has 47 heavy (non-hydrogen) atoms. The molecule has 0 aliphatic heterocycles. The van der Waals surface area contributed by atoms with Crippen LogP contribution < -0.4 is 0 Å². The summed E-state index contributed by atoms with van der Waals surface area (Å²) >= 11 is 0. The van der Waals surface area contributed by atoms with E-state index in [4.69, 9.17) is 0 Å². The van der Waals surface area contributed by atoms with E-state index in [2.05, 4.69) is 177 Å². The van der Waals surface area contributed by atoms with Crippen LogP contribution >= 0.6 is 0 Å². The topological polar surface area (TPSA) is 38.6 Å². The number of rotatable bonds is 3. The quantitative estimate of drug-likeness (QED) is 0.199. The summed E-state index contributed by atoms with van der Waals surface area (Å²) in [5.74, 6) is 0. The van der Waals surface area contributed by atoms with Gasteiger partial charge in [0.15, 0.2) is 0 Å². The van der Waals surface area contributed by atoms with Gasteiger partial charge in [-0.15, -0.1) is 0 Å². The second kappa shape index (κ2) is 9.71. The van der Waals surface area contributed by atoms with Gasteiger partial charge in [0.25, 0.3) is 0 Å². The number of hydrogen-bond donors (Lipinski definition) is 0. The van der Waals surface area contributed by atoms with Crippen molar-refractivity contribution >= 4 is 65.4 Å². The fraction of sp³-hybridized carbons (Fsp3) is 0. The maximum Gasteiger partial charge on any atom is 0.104 e. The Bertz CT molecular complexity index is 2820. The van der Waals surface area contributed by atoms with E-state index >= 15 is 0 Å². The van der Waals surface area contributed by atoms with Gasteiger partial charge in [-0.25, -0.2) is 0 Å². The smallest absolute Gasteiger partial charge is 0.104 e. The Labute approximate surface area is 270 Å². The average molecular weight is 599 g/mol. The second-order valence-corrected chi connectivity index (χ2v) is 12.1. The van der Waals surface area contributed by atoms with Crippen molar-refractivity contribution in [3.63, 3.8) is 0 Å². The molecule has 0 saturated heterocycles. The van der Waals surface area contributed by atoms with Crippen LogP contribution in [0.25, 0.3) is 82.5 Å². The fourth-order valence-corrected chi connectivity index (χ4v) is 7.76. The van der Waals surface area contributed by atoms with Gasteiger partial charge >= 0.3 is 0 Å². The molecule has 4 nitrogen and oxygen atoms in total. The molecule has 0 aliphatic rings. The Kier molecular flexibility index (Phi) is 5.32. The first-order chi connectivity index (χ1) is 23.3. The molecule has 10 rings (SSSR count). The van der Waals surface area contributed by atoms with Crippen molar-refractivity contribution in [2.24, 2.45) is 0 Å². The third-order valence-corrected chi connectivity index (χ3v) is 9.69. The highest BCUT2D eigenvalue weighted by Gasteiger charge is 2.21. The molecule has 0 N–H and O–H groups in total. The molecule has 0 amide bonds. The molecule has 0 saturated carbocycles. The molecule has 0 radical (unpaired) electrons. The number of fused-ring (bicyclic) bond motifs is 9. The van der Waals surface area contributed by atoms with Crippen LogP contribution in [0.1, 0.15) is 5.56 Å². The lowest BCUT2D eigenvalue weighted by Gasteiger charge is -2.16. The van der Waals surface area contributed by atoms with Crippen LogP contribution in [0.3, 0.4) is 0 Å². The highest BCUT2D eigenvalue weighted by atomic mass is 15.0. The summed E-state index contributed by atoms with van der Waals surface area (Å²) in [6, 6.07) is 58.2. The van der Waals surface area contributed by atoms with Gasteiger partial charge in [-0.05, 0) is 54.6 Å². The molecule has 0 unspecified atom stereocenters. The van der Waals surface area contributed by atoms with Crippen LogP contribution in [0.15, 0.2) is 158 Å². The predicted octanol–water partition coefficient (Wildman–Crippen LogP) is 10.8. The first-order valence-electron chi connectivity index (χ1n) is 15.9. The first-order valence-corrected chi connectivity index (χ1v) is 15.9. The summed E-state index contributed by atoms with van der Waals surface area (Å²) in [5.41, 5.74) is 10.1. The molecule has 3 aromatic heterocycles. The van der Waals surface area contributed by atoms with Crippen LogP contribution in [0, 0.1) is 11.3 Å². The zero-order chi connectivity index (χ0) is 31.1. The van der Waals surface area contributed by atoms with Crippen LogP contribution in [0.4, 0.5) is 0 Å². The largest absolute Gasteiger partial charge is 0.309 e. The van der Waals surface area contributed by atoms with E-state index in [-0.39, 0.29) is 0 Å². The summed E-state index contributed by atoms with van der Waals surface area (Å²) in [6.45, 7) is 0. The standard InChI is InChI=1S/C43H26N4/c44-27-35-41(46-38-19-8-3-14-31(38)32-15-4-9-20-39(32)46)22-11-23-42(35)47-40-21-10-5-16-33(40)34-25-24-28(26-43(34)47)45-36-17-6-1-12-29(36)30-13-2-7-18-37(30)45/h1-26H. The van der Waals surface area contributed by atoms with Crippen LogP contribution in [0.5, 0.6) is 0 Å². The molecule has 0 bridgehead atoms. The number of hydrogen-bond acceptors (Lipinski definition) is 1. The van der Waals surface area contributed by atoms with Gasteiger partial charge in [-0.3, -0.25) is 0 Å². The lowest BCUT2D eigenvalue weighted by molar-refractivity contribution is 1.11. The number of para-hydroxylation sites is 5. The Morgan fingerprint density at radius 1 is 0.340 bits per heavy atom. The highest BCUT2D eigenvalue weighted by molar-refractivity contribution is 6.13. The van der Waals surface area contributed by atoms with Crippen LogP contribution in [-0.2, 0) is 0 Å². The van der Waals surface area contributed by atoms with Crippen LogP contribution in [-0.4, -0.2) is 13.7 Å². The normalized spacial score (nSPS) is 11.8. The molecule has 10 aromatic rings. The maximum absolute atomic E-state index is 10.9. The second-order valence-electron chi connectivity index (χ2n) is 12.1. The number of nitrogens with zero attached hydrogens (tertiary/aromatic N) is 4. The summed E-state index contributed by atoms with van der Waals surface area (Å²) in [7, 11) is 0. The molecule has 0 fully saturated rings. The number of nitriles is 1. The monoisotopic (exact) mass is 598 g/mol. The van der Waals surface area contributed by atoms with Crippen molar-refractivity contribution in [1.29, 1.82) is 5.26 Å². The van der Waals surface area contributed by atoms with E-state index in [1.165, 1.54) is 32.6 Å². The Morgan fingerprint density at radius 3 is 1.13 bits per heavy atom. The van der Waals surface area contributed by atoms with Crippen molar-refractivity contribution in [3.8, 4) is 23.1 Å². The number of aromatic nitrogens is 3. The van der Waals surface area contributed by atoms with E-state index in [1.54, 1.807) is 0 Å². The molecule has 0 atom stereocenters. The van der Waals surface area contributed by atoms with E-state index in [9.17, 15) is 5.26 Å². The summed E-state index contributed by atoms with van der Waals surface area (Å²) in [4.78, 5) is 0. The van der Waals surface area contributed by atoms with Crippen molar-refractivity contribution < 1.29 is 0 Å². The summed E-state index contributed by atoms with van der Waals surface area (Å²) in [5, 5.41) is 18.1. The van der Waals surface area contributed by atoms with Gasteiger partial charge in [0.1, 0.15) is 11.6 Å². The van der Waals surface area contributed by atoms with Crippen LogP contribution in [0.2, 0.25) is 0 Å².